The number of aromatic nitrogens is 2. The molecule has 1 aliphatic rings. The van der Waals surface area contributed by atoms with Crippen LogP contribution in [-0.2, 0) is 21.2 Å². The Morgan fingerprint density at radius 3 is 2.28 bits per heavy atom. The highest BCUT2D eigenvalue weighted by Gasteiger charge is 2.34. The monoisotopic (exact) mass is 539 g/mol. The summed E-state index contributed by atoms with van der Waals surface area (Å²) < 4.78 is 26.4. The molecule has 1 aromatic heterocycles. The van der Waals surface area contributed by atoms with E-state index >= 15 is 0 Å². The molecule has 3 aromatic carbocycles. The van der Waals surface area contributed by atoms with Gasteiger partial charge >= 0.3 is 0 Å². The summed E-state index contributed by atoms with van der Waals surface area (Å²) in [6, 6.07) is 27.6. The van der Waals surface area contributed by atoms with Gasteiger partial charge in [0.05, 0.1) is 22.9 Å². The molecule has 7 heteroatoms. The SMILES string of the molecule is CC(C)c1ccc(CN(C(=O)C=Cc2cn(-c3ccccc3)nc2-c2ccccc2)C2CCS(=O)(=O)C2)cc1. The average molecular weight is 540 g/mol. The summed E-state index contributed by atoms with van der Waals surface area (Å²) >= 11 is 0. The zero-order chi connectivity index (χ0) is 27.4. The molecular formula is C32H33N3O3S. The van der Waals surface area contributed by atoms with Gasteiger partial charge in [-0.15, -0.1) is 0 Å². The third-order valence-corrected chi connectivity index (χ3v) is 8.90. The van der Waals surface area contributed by atoms with E-state index in [9.17, 15) is 13.2 Å². The molecule has 6 nitrogen and oxygen atoms in total. The van der Waals surface area contributed by atoms with Crippen molar-refractivity contribution in [1.82, 2.24) is 14.7 Å². The van der Waals surface area contributed by atoms with Crippen molar-refractivity contribution in [1.29, 1.82) is 0 Å². The minimum absolute atomic E-state index is 0.00212. The number of carbonyl (C=O) groups is 1. The number of benzene rings is 3. The normalized spacial score (nSPS) is 16.6. The number of hydrogen-bond donors (Lipinski definition) is 0. The first-order valence-corrected chi connectivity index (χ1v) is 15.1. The van der Waals surface area contributed by atoms with Crippen LogP contribution in [0.4, 0.5) is 0 Å². The van der Waals surface area contributed by atoms with Crippen molar-refractivity contribution < 1.29 is 13.2 Å². The van der Waals surface area contributed by atoms with Crippen LogP contribution in [-0.4, -0.2) is 46.6 Å². The van der Waals surface area contributed by atoms with Gasteiger partial charge in [0, 0.05) is 36.0 Å². The first-order chi connectivity index (χ1) is 18.8. The molecule has 1 aliphatic heterocycles. The lowest BCUT2D eigenvalue weighted by molar-refractivity contribution is -0.128. The first-order valence-electron chi connectivity index (χ1n) is 13.3. The lowest BCUT2D eigenvalue weighted by Crippen LogP contribution is -2.39. The largest absolute Gasteiger partial charge is 0.331 e. The fourth-order valence-electron chi connectivity index (χ4n) is 4.91. The van der Waals surface area contributed by atoms with Crippen molar-refractivity contribution in [3.8, 4) is 16.9 Å². The number of sulfone groups is 1. The standard InChI is InChI=1S/C32H33N3O3S/c1-24(2)26-15-13-25(14-16-26)21-34(30-19-20-39(37,38)23-30)31(36)18-17-28-22-35(29-11-7-4-8-12-29)33-32(28)27-9-5-3-6-10-27/h3-18,22,24,30H,19-21,23H2,1-2H3. The van der Waals surface area contributed by atoms with Crippen LogP contribution in [0.2, 0.25) is 0 Å². The maximum Gasteiger partial charge on any atom is 0.247 e. The van der Waals surface area contributed by atoms with E-state index in [2.05, 4.69) is 26.0 Å². The Balaban J connectivity index is 1.46. The second-order valence-corrected chi connectivity index (χ2v) is 12.6. The molecule has 0 bridgehead atoms. The summed E-state index contributed by atoms with van der Waals surface area (Å²) in [5.74, 6) is 0.309. The summed E-state index contributed by atoms with van der Waals surface area (Å²) in [6.07, 6.45) is 5.70. The van der Waals surface area contributed by atoms with Gasteiger partial charge in [0.1, 0.15) is 0 Å². The summed E-state index contributed by atoms with van der Waals surface area (Å²) in [6.45, 7) is 4.64. The fraction of sp³-hybridized carbons (Fsp3) is 0.250. The first kappa shape index (κ1) is 26.6. The van der Waals surface area contributed by atoms with E-state index in [1.54, 1.807) is 17.1 Å². The Bertz CT molecular complexity index is 1560. The number of para-hydroxylation sites is 1. The van der Waals surface area contributed by atoms with Crippen LogP contribution in [0, 0.1) is 0 Å². The summed E-state index contributed by atoms with van der Waals surface area (Å²) in [5, 5.41) is 4.82. The van der Waals surface area contributed by atoms with Gasteiger partial charge in [0.15, 0.2) is 9.84 Å². The molecule has 0 spiro atoms. The van der Waals surface area contributed by atoms with Gasteiger partial charge in [-0.05, 0) is 41.7 Å². The fourth-order valence-corrected chi connectivity index (χ4v) is 6.64. The van der Waals surface area contributed by atoms with Crippen LogP contribution >= 0.6 is 0 Å². The third kappa shape index (κ3) is 6.37. The maximum absolute atomic E-state index is 13.6. The molecule has 0 aliphatic carbocycles. The van der Waals surface area contributed by atoms with Crippen LogP contribution in [0.5, 0.6) is 0 Å². The minimum Gasteiger partial charge on any atom is -0.331 e. The minimum atomic E-state index is -3.15. The average Bonchev–Trinajstić information content (AvgIpc) is 3.54. The van der Waals surface area contributed by atoms with Crippen molar-refractivity contribution in [2.24, 2.45) is 0 Å². The van der Waals surface area contributed by atoms with Gasteiger partial charge in [-0.2, -0.15) is 5.10 Å². The van der Waals surface area contributed by atoms with Gasteiger partial charge in [-0.3, -0.25) is 4.79 Å². The van der Waals surface area contributed by atoms with Crippen LogP contribution in [0.15, 0.2) is 97.2 Å². The number of rotatable bonds is 8. The molecule has 1 atom stereocenters. The number of amides is 1. The second-order valence-electron chi connectivity index (χ2n) is 10.3. The van der Waals surface area contributed by atoms with Crippen LogP contribution in [0.25, 0.3) is 23.0 Å². The van der Waals surface area contributed by atoms with E-state index in [1.165, 1.54) is 5.56 Å². The smallest absolute Gasteiger partial charge is 0.247 e. The second kappa shape index (κ2) is 11.4. The van der Waals surface area contributed by atoms with E-state index in [0.717, 1.165) is 28.1 Å². The summed E-state index contributed by atoms with van der Waals surface area (Å²) in [4.78, 5) is 15.3. The van der Waals surface area contributed by atoms with E-state index in [0.29, 0.717) is 18.9 Å². The zero-order valence-electron chi connectivity index (χ0n) is 22.3. The van der Waals surface area contributed by atoms with Crippen molar-refractivity contribution in [3.05, 3.63) is 114 Å². The third-order valence-electron chi connectivity index (χ3n) is 7.15. The molecule has 1 amide bonds. The number of carbonyl (C=O) groups excluding carboxylic acids is 1. The molecule has 1 unspecified atom stereocenters. The Hall–Kier alpha value is -3.97. The molecule has 0 saturated carbocycles. The van der Waals surface area contributed by atoms with Crippen LogP contribution < -0.4 is 0 Å². The topological polar surface area (TPSA) is 72.3 Å². The Labute approximate surface area is 230 Å². The van der Waals surface area contributed by atoms with E-state index in [1.807, 2.05) is 83.7 Å². The Kier molecular flexibility index (Phi) is 7.79. The Morgan fingerprint density at radius 1 is 1.00 bits per heavy atom. The zero-order valence-corrected chi connectivity index (χ0v) is 23.1. The maximum atomic E-state index is 13.6. The molecule has 0 radical (unpaired) electrons. The van der Waals surface area contributed by atoms with Crippen molar-refractivity contribution >= 4 is 21.8 Å². The number of hydrogen-bond acceptors (Lipinski definition) is 4. The van der Waals surface area contributed by atoms with Crippen molar-refractivity contribution in [3.63, 3.8) is 0 Å². The van der Waals surface area contributed by atoms with Gasteiger partial charge in [-0.25, -0.2) is 13.1 Å². The van der Waals surface area contributed by atoms with E-state index < -0.39 is 9.84 Å². The molecule has 2 heterocycles. The van der Waals surface area contributed by atoms with Gasteiger partial charge in [0.2, 0.25) is 5.91 Å². The lowest BCUT2D eigenvalue weighted by Gasteiger charge is -2.27. The Morgan fingerprint density at radius 2 is 1.67 bits per heavy atom. The summed E-state index contributed by atoms with van der Waals surface area (Å²) in [7, 11) is -3.15. The van der Waals surface area contributed by atoms with E-state index in [-0.39, 0.29) is 23.5 Å². The van der Waals surface area contributed by atoms with Gasteiger partial charge < -0.3 is 4.90 Å². The lowest BCUT2D eigenvalue weighted by atomic mass is 10.0. The highest BCUT2D eigenvalue weighted by molar-refractivity contribution is 7.91. The van der Waals surface area contributed by atoms with Crippen molar-refractivity contribution in [2.45, 2.75) is 38.8 Å². The number of nitrogens with zero attached hydrogens (tertiary/aromatic N) is 3. The molecule has 200 valence electrons. The highest BCUT2D eigenvalue weighted by Crippen LogP contribution is 2.26. The van der Waals surface area contributed by atoms with Crippen LogP contribution in [0.1, 0.15) is 42.9 Å². The molecule has 1 saturated heterocycles. The van der Waals surface area contributed by atoms with E-state index in [4.69, 9.17) is 5.10 Å². The molecule has 1 fully saturated rings. The molecule has 0 N–H and O–H groups in total. The summed E-state index contributed by atoms with van der Waals surface area (Å²) in [5.41, 5.74) is 5.64. The highest BCUT2D eigenvalue weighted by atomic mass is 32.2. The predicted octanol–water partition coefficient (Wildman–Crippen LogP) is 5.89. The predicted molar refractivity (Wildman–Crippen MR) is 156 cm³/mol. The quantitative estimate of drug-likeness (QED) is 0.262. The molecule has 5 rings (SSSR count). The van der Waals surface area contributed by atoms with Gasteiger partial charge in [-0.1, -0.05) is 86.6 Å². The van der Waals surface area contributed by atoms with Crippen LogP contribution in [0.3, 0.4) is 0 Å². The molecule has 39 heavy (non-hydrogen) atoms. The molecule has 4 aromatic rings. The van der Waals surface area contributed by atoms with Gasteiger partial charge in [0.25, 0.3) is 0 Å². The molecular weight excluding hydrogens is 506 g/mol. The van der Waals surface area contributed by atoms with Crippen molar-refractivity contribution in [2.75, 3.05) is 11.5 Å².